The van der Waals surface area contributed by atoms with Gasteiger partial charge in [0.05, 0.1) is 0 Å². The molecule has 0 fully saturated rings. The van der Waals surface area contributed by atoms with Gasteiger partial charge in [0.25, 0.3) is 0 Å². The zero-order chi connectivity index (χ0) is 13.8. The molecule has 0 bridgehead atoms. The van der Waals surface area contributed by atoms with Gasteiger partial charge in [-0.15, -0.1) is 6.58 Å². The first kappa shape index (κ1) is 14.1. The van der Waals surface area contributed by atoms with E-state index in [1.807, 2.05) is 54.6 Å². The van der Waals surface area contributed by atoms with E-state index < -0.39 is 0 Å². The van der Waals surface area contributed by atoms with Crippen LogP contribution in [0, 0.1) is 0 Å². The average Bonchev–Trinajstić information content (AvgIpc) is 2.40. The maximum absolute atomic E-state index is 6.32. The Morgan fingerprint density at radius 1 is 0.947 bits per heavy atom. The summed E-state index contributed by atoms with van der Waals surface area (Å²) in [7, 11) is 0. The predicted octanol–water partition coefficient (Wildman–Crippen LogP) is 4.96. The lowest BCUT2D eigenvalue weighted by molar-refractivity contribution is 0.647. The van der Waals surface area contributed by atoms with Crippen LogP contribution in [-0.4, -0.2) is 0 Å². The molecule has 19 heavy (non-hydrogen) atoms. The van der Waals surface area contributed by atoms with Gasteiger partial charge in [0, 0.05) is 22.0 Å². The first-order valence-corrected chi connectivity index (χ1v) is 6.76. The Balaban J connectivity index is 2.31. The summed E-state index contributed by atoms with van der Waals surface area (Å²) >= 11 is 11.9. The predicted molar refractivity (Wildman–Crippen MR) is 82.8 cm³/mol. The van der Waals surface area contributed by atoms with Crippen LogP contribution < -0.4 is 5.73 Å². The van der Waals surface area contributed by atoms with Crippen LogP contribution in [0.3, 0.4) is 0 Å². The van der Waals surface area contributed by atoms with Crippen LogP contribution in [0.2, 0.25) is 10.0 Å². The molecule has 0 amide bonds. The van der Waals surface area contributed by atoms with E-state index in [0.717, 1.165) is 11.1 Å². The number of benzene rings is 2. The topological polar surface area (TPSA) is 26.0 Å². The molecule has 0 saturated heterocycles. The molecule has 0 aliphatic rings. The van der Waals surface area contributed by atoms with Crippen LogP contribution in [-0.2, 0) is 0 Å². The van der Waals surface area contributed by atoms with Gasteiger partial charge in [-0.2, -0.15) is 0 Å². The van der Waals surface area contributed by atoms with Crippen molar-refractivity contribution in [1.82, 2.24) is 0 Å². The molecular formula is C16H15Cl2N. The normalized spacial score (nSPS) is 13.8. The second-order valence-electron chi connectivity index (χ2n) is 4.39. The lowest BCUT2D eigenvalue weighted by Crippen LogP contribution is -2.18. The van der Waals surface area contributed by atoms with E-state index >= 15 is 0 Å². The van der Waals surface area contributed by atoms with E-state index in [-0.39, 0.29) is 12.0 Å². The minimum Gasteiger partial charge on any atom is -0.323 e. The van der Waals surface area contributed by atoms with Gasteiger partial charge in [-0.05, 0) is 35.4 Å². The Labute approximate surface area is 123 Å². The van der Waals surface area contributed by atoms with E-state index in [2.05, 4.69) is 6.58 Å². The van der Waals surface area contributed by atoms with Crippen LogP contribution in [0.15, 0.2) is 61.2 Å². The standard InChI is InChI=1S/C16H15Cl2N/c1-2-15(12-4-3-5-14(18)10-12)16(19)11-6-8-13(17)9-7-11/h2-10,15-16H,1,19H2. The highest BCUT2D eigenvalue weighted by molar-refractivity contribution is 6.30. The summed E-state index contributed by atoms with van der Waals surface area (Å²) in [5, 5.41) is 1.40. The monoisotopic (exact) mass is 291 g/mol. The summed E-state index contributed by atoms with van der Waals surface area (Å²) in [6.07, 6.45) is 1.85. The molecule has 2 N–H and O–H groups in total. The van der Waals surface area contributed by atoms with Gasteiger partial charge in [0.1, 0.15) is 0 Å². The van der Waals surface area contributed by atoms with Gasteiger partial charge in [0.15, 0.2) is 0 Å². The van der Waals surface area contributed by atoms with Crippen LogP contribution in [0.4, 0.5) is 0 Å². The summed E-state index contributed by atoms with van der Waals surface area (Å²) in [5.74, 6) is 0.0138. The van der Waals surface area contributed by atoms with Gasteiger partial charge in [-0.3, -0.25) is 0 Å². The summed E-state index contributed by atoms with van der Waals surface area (Å²) in [6, 6.07) is 15.1. The van der Waals surface area contributed by atoms with Gasteiger partial charge in [-0.25, -0.2) is 0 Å². The average molecular weight is 292 g/mol. The van der Waals surface area contributed by atoms with E-state index in [0.29, 0.717) is 10.0 Å². The van der Waals surface area contributed by atoms with Gasteiger partial charge in [0.2, 0.25) is 0 Å². The molecule has 2 atom stereocenters. The van der Waals surface area contributed by atoms with Gasteiger partial charge in [-0.1, -0.05) is 53.5 Å². The maximum atomic E-state index is 6.32. The molecule has 2 aromatic rings. The molecule has 3 heteroatoms. The first-order chi connectivity index (χ1) is 9.11. The van der Waals surface area contributed by atoms with Crippen molar-refractivity contribution < 1.29 is 0 Å². The number of hydrogen-bond acceptors (Lipinski definition) is 1. The molecule has 0 spiro atoms. The second kappa shape index (κ2) is 6.25. The Kier molecular flexibility index (Phi) is 4.65. The molecule has 0 heterocycles. The highest BCUT2D eigenvalue weighted by atomic mass is 35.5. The van der Waals surface area contributed by atoms with Crippen molar-refractivity contribution in [2.24, 2.45) is 5.73 Å². The highest BCUT2D eigenvalue weighted by Crippen LogP contribution is 2.31. The number of hydrogen-bond donors (Lipinski definition) is 1. The molecule has 0 saturated carbocycles. The lowest BCUT2D eigenvalue weighted by Gasteiger charge is -2.22. The number of nitrogens with two attached hydrogens (primary N) is 1. The van der Waals surface area contributed by atoms with Crippen LogP contribution in [0.25, 0.3) is 0 Å². The molecule has 0 aliphatic carbocycles. The Morgan fingerprint density at radius 3 is 2.21 bits per heavy atom. The van der Waals surface area contributed by atoms with Crippen molar-refractivity contribution in [2.45, 2.75) is 12.0 Å². The van der Waals surface area contributed by atoms with Crippen molar-refractivity contribution >= 4 is 23.2 Å². The van der Waals surface area contributed by atoms with Crippen LogP contribution in [0.1, 0.15) is 23.1 Å². The fourth-order valence-corrected chi connectivity index (χ4v) is 2.42. The van der Waals surface area contributed by atoms with E-state index in [4.69, 9.17) is 28.9 Å². The molecule has 98 valence electrons. The largest absolute Gasteiger partial charge is 0.323 e. The Morgan fingerprint density at radius 2 is 1.63 bits per heavy atom. The van der Waals surface area contributed by atoms with Crippen molar-refractivity contribution in [3.8, 4) is 0 Å². The number of rotatable bonds is 4. The quantitative estimate of drug-likeness (QED) is 0.792. The molecule has 2 aromatic carbocycles. The van der Waals surface area contributed by atoms with Gasteiger partial charge >= 0.3 is 0 Å². The number of halogens is 2. The Bertz CT molecular complexity index is 563. The molecule has 2 rings (SSSR count). The smallest absolute Gasteiger partial charge is 0.0408 e. The second-order valence-corrected chi connectivity index (χ2v) is 5.27. The molecular weight excluding hydrogens is 277 g/mol. The zero-order valence-electron chi connectivity index (χ0n) is 10.4. The van der Waals surface area contributed by atoms with Crippen molar-refractivity contribution in [2.75, 3.05) is 0 Å². The maximum Gasteiger partial charge on any atom is 0.0408 e. The minimum atomic E-state index is -0.173. The van der Waals surface area contributed by atoms with Crippen molar-refractivity contribution in [1.29, 1.82) is 0 Å². The summed E-state index contributed by atoms with van der Waals surface area (Å²) < 4.78 is 0. The van der Waals surface area contributed by atoms with Gasteiger partial charge < -0.3 is 5.73 Å². The van der Waals surface area contributed by atoms with E-state index in [1.165, 1.54) is 0 Å². The third-order valence-corrected chi connectivity index (χ3v) is 3.62. The third kappa shape index (κ3) is 3.38. The zero-order valence-corrected chi connectivity index (χ0v) is 11.9. The van der Waals surface area contributed by atoms with E-state index in [1.54, 1.807) is 0 Å². The van der Waals surface area contributed by atoms with Crippen LogP contribution >= 0.6 is 23.2 Å². The van der Waals surface area contributed by atoms with Crippen molar-refractivity contribution in [3.63, 3.8) is 0 Å². The molecule has 2 unspecified atom stereocenters. The molecule has 0 aromatic heterocycles. The fourth-order valence-electron chi connectivity index (χ4n) is 2.10. The Hall–Kier alpha value is -1.28. The van der Waals surface area contributed by atoms with E-state index in [9.17, 15) is 0 Å². The molecule has 0 radical (unpaired) electrons. The van der Waals surface area contributed by atoms with Crippen LogP contribution in [0.5, 0.6) is 0 Å². The minimum absolute atomic E-state index is 0.0138. The summed E-state index contributed by atoms with van der Waals surface area (Å²) in [5.41, 5.74) is 8.41. The highest BCUT2D eigenvalue weighted by Gasteiger charge is 2.18. The third-order valence-electron chi connectivity index (χ3n) is 3.13. The lowest BCUT2D eigenvalue weighted by atomic mass is 9.88. The SMILES string of the molecule is C=CC(c1cccc(Cl)c1)C(N)c1ccc(Cl)cc1. The fraction of sp³-hybridized carbons (Fsp3) is 0.125. The summed E-state index contributed by atoms with van der Waals surface area (Å²) in [6.45, 7) is 3.88. The molecule has 0 aliphatic heterocycles. The first-order valence-electron chi connectivity index (χ1n) is 6.01. The summed E-state index contributed by atoms with van der Waals surface area (Å²) in [4.78, 5) is 0. The van der Waals surface area contributed by atoms with Crippen molar-refractivity contribution in [3.05, 3.63) is 82.4 Å². The molecule has 1 nitrogen and oxygen atoms in total.